The summed E-state index contributed by atoms with van der Waals surface area (Å²) in [5.74, 6) is -0.141. The highest BCUT2D eigenvalue weighted by Crippen LogP contribution is 2.60. The summed E-state index contributed by atoms with van der Waals surface area (Å²) in [5, 5.41) is 8.15. The zero-order chi connectivity index (χ0) is 28.0. The minimum Gasteiger partial charge on any atom is -0.325 e. The van der Waals surface area contributed by atoms with Crippen LogP contribution in [0.5, 0.6) is 0 Å². The summed E-state index contributed by atoms with van der Waals surface area (Å²) in [7, 11) is 2.13. The van der Waals surface area contributed by atoms with Crippen LogP contribution in [0.1, 0.15) is 55.1 Å². The number of likely N-dealkylation sites (tertiary alicyclic amines) is 1. The van der Waals surface area contributed by atoms with Crippen molar-refractivity contribution in [2.45, 2.75) is 57.7 Å². The van der Waals surface area contributed by atoms with Crippen molar-refractivity contribution in [2.24, 2.45) is 5.41 Å². The molecule has 3 aromatic rings. The molecule has 1 N–H and O–H groups in total. The van der Waals surface area contributed by atoms with Crippen LogP contribution in [0.3, 0.4) is 0 Å². The van der Waals surface area contributed by atoms with E-state index in [9.17, 15) is 14.4 Å². The molecule has 5 heterocycles. The first-order valence-electron chi connectivity index (χ1n) is 13.7. The molecule has 10 nitrogen and oxygen atoms in total. The molecular weight excluding hydrogens is 574 g/mol. The second-order valence-electron chi connectivity index (χ2n) is 11.3. The number of fused-ring (bicyclic) bond motifs is 3. The maximum absolute atomic E-state index is 14.0. The van der Waals surface area contributed by atoms with Gasteiger partial charge in [0.1, 0.15) is 28.7 Å². The van der Waals surface area contributed by atoms with Gasteiger partial charge in [-0.15, -0.1) is 0 Å². The number of nitrogens with one attached hydrogen (secondary N) is 1. The molecule has 6 rings (SSSR count). The number of allylic oxidation sites excluding steroid dienone is 1. The number of anilines is 1. The average molecular weight is 607 g/mol. The van der Waals surface area contributed by atoms with Gasteiger partial charge in [0.05, 0.1) is 11.7 Å². The van der Waals surface area contributed by atoms with Gasteiger partial charge in [-0.2, -0.15) is 5.10 Å². The lowest BCUT2D eigenvalue weighted by Gasteiger charge is -2.27. The summed E-state index contributed by atoms with van der Waals surface area (Å²) in [6.07, 6.45) is 11.9. The van der Waals surface area contributed by atoms with Crippen LogP contribution < -0.4 is 5.32 Å². The molecule has 1 saturated carbocycles. The molecule has 0 aromatic carbocycles. The monoisotopic (exact) mass is 605 g/mol. The molecule has 1 aliphatic carbocycles. The standard InChI is InChI=1S/C29H32BrN7O3/c1-18(38)26-20-10-11-31-15-22(20)36(34-26)16-25(39)37-21-13-29(14-23(29)37)17-35(2)12-6-4-3-5-7-19-8-9-24(30)32-27(19)33-28(21)40/h5,7-11,15,21,23H,3-4,6,12-14,16-17H2,1-2H3,(H,32,33,40)/b7-5+/t21-,23+,29-/m0/s1. The van der Waals surface area contributed by atoms with Gasteiger partial charge in [-0.3, -0.25) is 24.0 Å². The van der Waals surface area contributed by atoms with E-state index in [1.807, 2.05) is 18.2 Å². The summed E-state index contributed by atoms with van der Waals surface area (Å²) in [5.41, 5.74) is 1.64. The minimum absolute atomic E-state index is 0.0202. The summed E-state index contributed by atoms with van der Waals surface area (Å²) < 4.78 is 2.16. The van der Waals surface area contributed by atoms with Gasteiger partial charge >= 0.3 is 0 Å². The molecule has 1 spiro atoms. The van der Waals surface area contributed by atoms with Crippen molar-refractivity contribution < 1.29 is 14.4 Å². The van der Waals surface area contributed by atoms with Crippen LogP contribution in [0.4, 0.5) is 5.82 Å². The van der Waals surface area contributed by atoms with E-state index < -0.39 is 6.04 Å². The maximum Gasteiger partial charge on any atom is 0.248 e. The Hall–Kier alpha value is -3.44. The van der Waals surface area contributed by atoms with Crippen molar-refractivity contribution in [1.29, 1.82) is 0 Å². The molecule has 0 unspecified atom stereocenters. The molecule has 3 atom stereocenters. The Bertz CT molecular complexity index is 1540. The van der Waals surface area contributed by atoms with Crippen molar-refractivity contribution >= 4 is 56.3 Å². The average Bonchev–Trinajstić information content (AvgIpc) is 3.31. The number of carbonyl (C=O) groups excluding carboxylic acids is 3. The number of halogens is 1. The highest BCUT2D eigenvalue weighted by atomic mass is 79.9. The van der Waals surface area contributed by atoms with Gasteiger partial charge in [0, 0.05) is 42.1 Å². The molecule has 2 bridgehead atoms. The van der Waals surface area contributed by atoms with Gasteiger partial charge in [-0.25, -0.2) is 4.98 Å². The lowest BCUT2D eigenvalue weighted by Crippen LogP contribution is -2.47. The van der Waals surface area contributed by atoms with E-state index in [4.69, 9.17) is 0 Å². The molecule has 3 aromatic heterocycles. The van der Waals surface area contributed by atoms with Crippen LogP contribution in [0.15, 0.2) is 41.3 Å². The van der Waals surface area contributed by atoms with Gasteiger partial charge in [0.2, 0.25) is 11.8 Å². The van der Waals surface area contributed by atoms with Gasteiger partial charge in [0.15, 0.2) is 5.78 Å². The fraction of sp³-hybridized carbons (Fsp3) is 0.448. The summed E-state index contributed by atoms with van der Waals surface area (Å²) in [6.45, 7) is 3.19. The van der Waals surface area contributed by atoms with Crippen molar-refractivity contribution in [3.63, 3.8) is 0 Å². The quantitative estimate of drug-likeness (QED) is 0.355. The molecule has 40 heavy (non-hydrogen) atoms. The number of hydrogen-bond acceptors (Lipinski definition) is 7. The fourth-order valence-corrected chi connectivity index (χ4v) is 6.71. The van der Waals surface area contributed by atoms with Gasteiger partial charge < -0.3 is 15.1 Å². The SMILES string of the molecule is CC(=O)c1nn(CC(=O)N2[C@H]3C[C@]4(C[C@@H]24)CN(C)CCCC/C=C/c2ccc(Br)nc2NC3=O)c2cnccc12. The number of piperidine rings is 1. The van der Waals surface area contributed by atoms with Gasteiger partial charge in [-0.05, 0) is 79.8 Å². The summed E-state index contributed by atoms with van der Waals surface area (Å²) in [6, 6.07) is 4.87. The number of ketones is 1. The predicted octanol–water partition coefficient (Wildman–Crippen LogP) is 3.92. The Morgan fingerprint density at radius 3 is 2.88 bits per heavy atom. The third-order valence-electron chi connectivity index (χ3n) is 8.36. The number of hydrogen-bond donors (Lipinski definition) is 1. The van der Waals surface area contributed by atoms with E-state index in [2.05, 4.69) is 54.3 Å². The Balaban J connectivity index is 1.33. The van der Waals surface area contributed by atoms with Crippen LogP contribution in [0.25, 0.3) is 17.0 Å². The van der Waals surface area contributed by atoms with Gasteiger partial charge in [0.25, 0.3) is 0 Å². The number of amides is 2. The number of Topliss-reactive ketones (excluding diaryl/α,β-unsaturated/α-hetero) is 1. The number of pyridine rings is 2. The Labute approximate surface area is 241 Å². The molecule has 1 saturated heterocycles. The lowest BCUT2D eigenvalue weighted by atomic mass is 9.98. The third-order valence-corrected chi connectivity index (χ3v) is 8.80. The molecular formula is C29H32BrN7O3. The fourth-order valence-electron chi connectivity index (χ4n) is 6.40. The smallest absolute Gasteiger partial charge is 0.248 e. The normalized spacial score (nSPS) is 25.9. The Kier molecular flexibility index (Phi) is 7.03. The lowest BCUT2D eigenvalue weighted by molar-refractivity contribution is -0.138. The number of rotatable bonds is 3. The number of aromatic nitrogens is 4. The zero-order valence-electron chi connectivity index (χ0n) is 22.6. The molecule has 208 valence electrons. The van der Waals surface area contributed by atoms with Crippen LogP contribution in [-0.4, -0.2) is 79.4 Å². The van der Waals surface area contributed by atoms with Crippen LogP contribution >= 0.6 is 15.9 Å². The first-order chi connectivity index (χ1) is 19.3. The van der Waals surface area contributed by atoms with E-state index >= 15 is 0 Å². The minimum atomic E-state index is -0.630. The van der Waals surface area contributed by atoms with Crippen LogP contribution in [0.2, 0.25) is 0 Å². The molecule has 11 heteroatoms. The van der Waals surface area contributed by atoms with Crippen molar-refractivity contribution in [3.05, 3.63) is 52.5 Å². The Morgan fingerprint density at radius 1 is 1.20 bits per heavy atom. The predicted molar refractivity (Wildman–Crippen MR) is 155 cm³/mol. The molecule has 2 fully saturated rings. The molecule has 0 radical (unpaired) electrons. The molecule has 3 aliphatic rings. The second kappa shape index (κ2) is 10.5. The van der Waals surface area contributed by atoms with Gasteiger partial charge in [-0.1, -0.05) is 12.2 Å². The van der Waals surface area contributed by atoms with E-state index in [-0.39, 0.29) is 35.6 Å². The third kappa shape index (κ3) is 4.96. The van der Waals surface area contributed by atoms with E-state index in [0.717, 1.165) is 44.3 Å². The highest BCUT2D eigenvalue weighted by molar-refractivity contribution is 9.10. The molecule has 2 amide bonds. The first kappa shape index (κ1) is 26.8. The topological polar surface area (TPSA) is 113 Å². The van der Waals surface area contributed by atoms with Crippen molar-refractivity contribution in [2.75, 3.05) is 25.5 Å². The van der Waals surface area contributed by atoms with Crippen LogP contribution in [-0.2, 0) is 16.1 Å². The zero-order valence-corrected chi connectivity index (χ0v) is 24.2. The van der Waals surface area contributed by atoms with Crippen molar-refractivity contribution in [3.8, 4) is 0 Å². The van der Waals surface area contributed by atoms with Crippen molar-refractivity contribution in [1.82, 2.24) is 29.5 Å². The largest absolute Gasteiger partial charge is 0.325 e. The maximum atomic E-state index is 14.0. The second-order valence-corrected chi connectivity index (χ2v) is 12.1. The first-order valence-corrected chi connectivity index (χ1v) is 14.5. The van der Waals surface area contributed by atoms with Crippen LogP contribution in [0, 0.1) is 5.41 Å². The van der Waals surface area contributed by atoms with E-state index in [1.165, 1.54) is 11.6 Å². The summed E-state index contributed by atoms with van der Waals surface area (Å²) in [4.78, 5) is 52.8. The van der Waals surface area contributed by atoms with E-state index in [0.29, 0.717) is 33.4 Å². The van der Waals surface area contributed by atoms with E-state index in [1.54, 1.807) is 23.4 Å². The Morgan fingerprint density at radius 2 is 2.05 bits per heavy atom. The highest BCUT2D eigenvalue weighted by Gasteiger charge is 2.67. The number of nitrogens with zero attached hydrogens (tertiary/aromatic N) is 6. The molecule has 2 aliphatic heterocycles. The summed E-state index contributed by atoms with van der Waals surface area (Å²) >= 11 is 3.42. The number of carbonyl (C=O) groups is 3.